The number of methoxy groups -OCH3 is 1. The second-order valence-electron chi connectivity index (χ2n) is 7.31. The molecule has 11 heteroatoms. The van der Waals surface area contributed by atoms with Crippen LogP contribution in [0.4, 0.5) is 0 Å². The first kappa shape index (κ1) is 24.2. The summed E-state index contributed by atoms with van der Waals surface area (Å²) < 4.78 is 23.3. The lowest BCUT2D eigenvalue weighted by molar-refractivity contribution is -0.137. The monoisotopic (exact) mass is 593 g/mol. The van der Waals surface area contributed by atoms with Crippen LogP contribution in [0.3, 0.4) is 0 Å². The largest absolute Gasteiger partial charge is 0.493 e. The van der Waals surface area contributed by atoms with Gasteiger partial charge < -0.3 is 23.5 Å². The number of carbonyl (C=O) groups excluding carboxylic acids is 2. The van der Waals surface area contributed by atoms with E-state index < -0.39 is 5.91 Å². The maximum atomic E-state index is 12.4. The van der Waals surface area contributed by atoms with Crippen LogP contribution in [0, 0.1) is 0 Å². The molecule has 0 radical (unpaired) electrons. The molecule has 1 fully saturated rings. The van der Waals surface area contributed by atoms with Crippen LogP contribution in [-0.2, 0) is 9.53 Å². The number of nitrogens with one attached hydrogen (secondary N) is 1. The molecule has 0 spiro atoms. The van der Waals surface area contributed by atoms with Crippen LogP contribution < -0.4 is 14.9 Å². The van der Waals surface area contributed by atoms with Gasteiger partial charge in [0, 0.05) is 22.9 Å². The fourth-order valence-electron chi connectivity index (χ4n) is 3.33. The van der Waals surface area contributed by atoms with Gasteiger partial charge in [-0.05, 0) is 57.9 Å². The minimum atomic E-state index is -0.494. The van der Waals surface area contributed by atoms with E-state index in [-0.39, 0.29) is 18.3 Å². The van der Waals surface area contributed by atoms with E-state index in [2.05, 4.69) is 42.4 Å². The van der Waals surface area contributed by atoms with Crippen LogP contribution >= 0.6 is 31.9 Å². The van der Waals surface area contributed by atoms with E-state index in [0.717, 1.165) is 9.86 Å². The van der Waals surface area contributed by atoms with E-state index in [9.17, 15) is 9.59 Å². The maximum Gasteiger partial charge on any atom is 0.307 e. The van der Waals surface area contributed by atoms with Crippen molar-refractivity contribution < 1.29 is 28.2 Å². The number of halogens is 2. The zero-order chi connectivity index (χ0) is 24.1. The molecule has 0 unspecified atom stereocenters. The Hall–Kier alpha value is -2.89. The van der Waals surface area contributed by atoms with E-state index in [1.807, 2.05) is 6.07 Å². The summed E-state index contributed by atoms with van der Waals surface area (Å²) in [7, 11) is 1.53. The van der Waals surface area contributed by atoms with Crippen molar-refractivity contribution >= 4 is 60.9 Å². The van der Waals surface area contributed by atoms with Gasteiger partial charge in [-0.15, -0.1) is 0 Å². The molecule has 2 amide bonds. The van der Waals surface area contributed by atoms with Gasteiger partial charge in [0.05, 0.1) is 31.0 Å². The predicted octanol–water partition coefficient (Wildman–Crippen LogP) is 3.97. The quantitative estimate of drug-likeness (QED) is 0.328. The van der Waals surface area contributed by atoms with Gasteiger partial charge in [0.1, 0.15) is 5.75 Å². The molecule has 1 aliphatic rings. The van der Waals surface area contributed by atoms with Gasteiger partial charge in [-0.3, -0.25) is 9.59 Å². The van der Waals surface area contributed by atoms with Crippen molar-refractivity contribution in [1.29, 1.82) is 0 Å². The minimum Gasteiger partial charge on any atom is -0.493 e. The summed E-state index contributed by atoms with van der Waals surface area (Å²) in [6.07, 6.45) is 1.49. The van der Waals surface area contributed by atoms with E-state index in [0.29, 0.717) is 53.4 Å². The Kier molecular flexibility index (Phi) is 7.86. The lowest BCUT2D eigenvalue weighted by atomic mass is 10.2. The molecule has 178 valence electrons. The normalized spacial score (nSPS) is 13.9. The topological polar surface area (TPSA) is 103 Å². The molecule has 3 aromatic rings. The molecule has 2 heterocycles. The molecule has 1 saturated heterocycles. The molecule has 1 N–H and O–H groups in total. The van der Waals surface area contributed by atoms with E-state index in [1.165, 1.54) is 13.3 Å². The third kappa shape index (κ3) is 5.78. The Morgan fingerprint density at radius 3 is 2.68 bits per heavy atom. The minimum absolute atomic E-state index is 0.0546. The third-order valence-corrected chi connectivity index (χ3v) is 6.12. The lowest BCUT2D eigenvalue weighted by Crippen LogP contribution is -2.43. The van der Waals surface area contributed by atoms with Crippen molar-refractivity contribution in [3.63, 3.8) is 0 Å². The van der Waals surface area contributed by atoms with Crippen LogP contribution in [0.1, 0.15) is 16.1 Å². The highest BCUT2D eigenvalue weighted by molar-refractivity contribution is 9.10. The van der Waals surface area contributed by atoms with Gasteiger partial charge in [-0.25, -0.2) is 5.43 Å². The number of nitrogens with zero attached hydrogens (tertiary/aromatic N) is 2. The summed E-state index contributed by atoms with van der Waals surface area (Å²) in [6.45, 7) is 2.18. The molecule has 1 aromatic heterocycles. The van der Waals surface area contributed by atoms with Crippen molar-refractivity contribution in [2.45, 2.75) is 0 Å². The molecule has 1 aliphatic heterocycles. The number of furan rings is 1. The van der Waals surface area contributed by atoms with E-state index in [4.69, 9.17) is 18.6 Å². The molecule has 4 rings (SSSR count). The van der Waals surface area contributed by atoms with Gasteiger partial charge in [-0.2, -0.15) is 5.10 Å². The first-order chi connectivity index (χ1) is 16.4. The van der Waals surface area contributed by atoms with E-state index in [1.54, 1.807) is 35.2 Å². The second kappa shape index (κ2) is 11.0. The molecule has 2 aromatic carbocycles. The molecule has 34 heavy (non-hydrogen) atoms. The van der Waals surface area contributed by atoms with Gasteiger partial charge >= 0.3 is 5.91 Å². The first-order valence-corrected chi connectivity index (χ1v) is 11.9. The number of rotatable bonds is 7. The Morgan fingerprint density at radius 2 is 1.94 bits per heavy atom. The van der Waals surface area contributed by atoms with Gasteiger partial charge in [0.2, 0.25) is 0 Å². The van der Waals surface area contributed by atoms with Crippen molar-refractivity contribution in [1.82, 2.24) is 10.3 Å². The smallest absolute Gasteiger partial charge is 0.307 e. The summed E-state index contributed by atoms with van der Waals surface area (Å²) in [5.41, 5.74) is 3.64. The summed E-state index contributed by atoms with van der Waals surface area (Å²) in [6, 6.07) is 10.5. The van der Waals surface area contributed by atoms with Crippen molar-refractivity contribution in [3.05, 3.63) is 56.7 Å². The molecule has 0 atom stereocenters. The molecular weight excluding hydrogens is 574 g/mol. The average Bonchev–Trinajstić information content (AvgIpc) is 3.27. The number of benzene rings is 2. The number of carbonyl (C=O) groups is 2. The number of ether oxygens (including phenoxy) is 3. The van der Waals surface area contributed by atoms with Gasteiger partial charge in [-0.1, -0.05) is 15.9 Å². The molecular formula is C23H21Br2N3O6. The van der Waals surface area contributed by atoms with E-state index >= 15 is 0 Å². The Morgan fingerprint density at radius 1 is 1.15 bits per heavy atom. The summed E-state index contributed by atoms with van der Waals surface area (Å²) in [5.74, 6) is 0.583. The van der Waals surface area contributed by atoms with Crippen LogP contribution in [0.15, 0.2) is 54.9 Å². The highest BCUT2D eigenvalue weighted by atomic mass is 79.9. The zero-order valence-electron chi connectivity index (χ0n) is 18.2. The zero-order valence-corrected chi connectivity index (χ0v) is 21.3. The number of fused-ring (bicyclic) bond motifs is 1. The van der Waals surface area contributed by atoms with Gasteiger partial charge in [0.25, 0.3) is 5.91 Å². The molecule has 0 aliphatic carbocycles. The summed E-state index contributed by atoms with van der Waals surface area (Å²) in [5, 5.41) is 4.72. The molecule has 0 saturated carbocycles. The fourth-order valence-corrected chi connectivity index (χ4v) is 4.29. The SMILES string of the molecule is COc1cc(Br)cc2cc(C(=O)N/N=C\c3ccc(OCC(=O)N4CCOCC4)c(Br)c3)oc12. The molecule has 9 nitrogen and oxygen atoms in total. The number of amides is 2. The number of hydrogen-bond acceptors (Lipinski definition) is 7. The first-order valence-electron chi connectivity index (χ1n) is 10.3. The lowest BCUT2D eigenvalue weighted by Gasteiger charge is -2.26. The highest BCUT2D eigenvalue weighted by Crippen LogP contribution is 2.32. The van der Waals surface area contributed by atoms with Crippen LogP contribution in [-0.4, -0.2) is 62.9 Å². The highest BCUT2D eigenvalue weighted by Gasteiger charge is 2.18. The second-order valence-corrected chi connectivity index (χ2v) is 9.08. The van der Waals surface area contributed by atoms with Crippen molar-refractivity contribution in [2.75, 3.05) is 40.0 Å². The van der Waals surface area contributed by atoms with Crippen LogP contribution in [0.25, 0.3) is 11.0 Å². The predicted molar refractivity (Wildman–Crippen MR) is 133 cm³/mol. The van der Waals surface area contributed by atoms with Crippen molar-refractivity contribution in [3.8, 4) is 11.5 Å². The Balaban J connectivity index is 1.34. The standard InChI is InChI=1S/C23H21Br2N3O6/c1-31-19-11-16(24)9-15-10-20(34-22(15)19)23(30)27-26-12-14-2-3-18(17(25)8-14)33-13-21(29)28-4-6-32-7-5-28/h2-3,8-12H,4-7,13H2,1H3,(H,27,30)/b26-12-. The number of morpholine rings is 1. The third-order valence-electron chi connectivity index (χ3n) is 5.04. The van der Waals surface area contributed by atoms with Crippen molar-refractivity contribution in [2.24, 2.45) is 5.10 Å². The fraction of sp³-hybridized carbons (Fsp3) is 0.261. The molecule has 0 bridgehead atoms. The number of hydrazone groups is 1. The maximum absolute atomic E-state index is 12.4. The summed E-state index contributed by atoms with van der Waals surface area (Å²) >= 11 is 6.84. The van der Waals surface area contributed by atoms with Crippen LogP contribution in [0.5, 0.6) is 11.5 Å². The Bertz CT molecular complexity index is 1240. The number of hydrogen-bond donors (Lipinski definition) is 1. The van der Waals surface area contributed by atoms with Gasteiger partial charge in [0.15, 0.2) is 23.7 Å². The van der Waals surface area contributed by atoms with Crippen LogP contribution in [0.2, 0.25) is 0 Å². The Labute approximate surface area is 212 Å². The summed E-state index contributed by atoms with van der Waals surface area (Å²) in [4.78, 5) is 26.4. The average molecular weight is 595 g/mol.